The Bertz CT molecular complexity index is 1510. The summed E-state index contributed by atoms with van der Waals surface area (Å²) in [6.45, 7) is 18.7. The van der Waals surface area contributed by atoms with Crippen molar-refractivity contribution in [2.24, 2.45) is 0 Å². The van der Waals surface area contributed by atoms with Crippen molar-refractivity contribution in [1.29, 1.82) is 0 Å². The summed E-state index contributed by atoms with van der Waals surface area (Å²) in [5.41, 5.74) is 10.6. The molecule has 0 aromatic heterocycles. The molecule has 0 saturated heterocycles. The molecule has 40 heavy (non-hydrogen) atoms. The first-order valence-electron chi connectivity index (χ1n) is 14.4. The Morgan fingerprint density at radius 3 is 1.65 bits per heavy atom. The largest absolute Gasteiger partial charge is 0.336 e. The molecule has 0 bridgehead atoms. The average molecular weight is 549 g/mol. The quantitative estimate of drug-likeness (QED) is 0.233. The SMILES string of the molecule is CC1(C)c2ccccc2N(C(C)(C)C)c2ccc(-c3ccc4c(c3)S(C)(C)c3ccccc3N4C(C)(C)C)cc21. The molecule has 0 atom stereocenters. The Balaban J connectivity index is 1.54. The fourth-order valence-electron chi connectivity index (χ4n) is 6.94. The van der Waals surface area contributed by atoms with E-state index >= 15 is 0 Å². The Labute approximate surface area is 243 Å². The summed E-state index contributed by atoms with van der Waals surface area (Å²) in [4.78, 5) is 8.02. The van der Waals surface area contributed by atoms with Crippen LogP contribution in [0.2, 0.25) is 0 Å². The van der Waals surface area contributed by atoms with E-state index in [1.807, 2.05) is 0 Å². The lowest BCUT2D eigenvalue weighted by atomic mass is 9.72. The van der Waals surface area contributed by atoms with Crippen molar-refractivity contribution in [3.63, 3.8) is 0 Å². The lowest BCUT2D eigenvalue weighted by Gasteiger charge is -2.50. The average Bonchev–Trinajstić information content (AvgIpc) is 2.87. The number of fused-ring (bicyclic) bond motifs is 4. The van der Waals surface area contributed by atoms with Crippen molar-refractivity contribution >= 4 is 32.8 Å². The fraction of sp³-hybridized carbons (Fsp3) is 0.351. The van der Waals surface area contributed by atoms with Gasteiger partial charge in [0.1, 0.15) is 0 Å². The van der Waals surface area contributed by atoms with Crippen LogP contribution >= 0.6 is 10.0 Å². The van der Waals surface area contributed by atoms with Crippen LogP contribution in [0.25, 0.3) is 11.1 Å². The second-order valence-electron chi connectivity index (χ2n) is 14.4. The van der Waals surface area contributed by atoms with Crippen LogP contribution in [0, 0.1) is 0 Å². The van der Waals surface area contributed by atoms with Crippen molar-refractivity contribution in [2.75, 3.05) is 22.3 Å². The number of hydrogen-bond donors (Lipinski definition) is 0. The van der Waals surface area contributed by atoms with E-state index in [1.165, 1.54) is 54.8 Å². The van der Waals surface area contributed by atoms with Gasteiger partial charge in [-0.2, -0.15) is 10.0 Å². The van der Waals surface area contributed by atoms with Crippen LogP contribution in [0.5, 0.6) is 0 Å². The van der Waals surface area contributed by atoms with Gasteiger partial charge in [0.25, 0.3) is 0 Å². The van der Waals surface area contributed by atoms with E-state index in [4.69, 9.17) is 0 Å². The van der Waals surface area contributed by atoms with E-state index < -0.39 is 10.0 Å². The van der Waals surface area contributed by atoms with Crippen LogP contribution in [0.3, 0.4) is 0 Å². The van der Waals surface area contributed by atoms with Gasteiger partial charge in [-0.1, -0.05) is 56.3 Å². The third kappa shape index (κ3) is 3.92. The first kappa shape index (κ1) is 27.0. The highest BCUT2D eigenvalue weighted by Crippen LogP contribution is 2.67. The van der Waals surface area contributed by atoms with E-state index in [2.05, 4.69) is 163 Å². The standard InChI is InChI=1S/C37H44N2S/c1-35(2,3)38-29-16-12-11-15-27(29)37(7,8)28-23-25(19-21-30(28)38)26-20-22-32-34(24-26)40(9,10)33-18-14-13-17-31(33)39(32)36(4,5)6/h11-24H,1-10H3. The minimum atomic E-state index is -1.18. The van der Waals surface area contributed by atoms with Crippen molar-refractivity contribution in [2.45, 2.75) is 81.7 Å². The topological polar surface area (TPSA) is 6.48 Å². The summed E-state index contributed by atoms with van der Waals surface area (Å²) in [6, 6.07) is 32.4. The predicted molar refractivity (Wildman–Crippen MR) is 177 cm³/mol. The molecule has 2 aliphatic rings. The fourth-order valence-corrected chi connectivity index (χ4v) is 9.38. The summed E-state index contributed by atoms with van der Waals surface area (Å²) in [5, 5.41) is 0. The first-order chi connectivity index (χ1) is 18.6. The van der Waals surface area contributed by atoms with E-state index in [9.17, 15) is 0 Å². The molecule has 3 heteroatoms. The summed E-state index contributed by atoms with van der Waals surface area (Å²) in [5.74, 6) is 0. The third-order valence-electron chi connectivity index (χ3n) is 8.81. The molecule has 4 aromatic carbocycles. The minimum Gasteiger partial charge on any atom is -0.336 e. The monoisotopic (exact) mass is 548 g/mol. The Morgan fingerprint density at radius 2 is 1.00 bits per heavy atom. The number of para-hydroxylation sites is 2. The van der Waals surface area contributed by atoms with Gasteiger partial charge in [-0.05, 0) is 119 Å². The number of rotatable bonds is 1. The molecular formula is C37H44N2S. The molecule has 2 nitrogen and oxygen atoms in total. The van der Waals surface area contributed by atoms with Gasteiger partial charge in [-0.25, -0.2) is 0 Å². The maximum Gasteiger partial charge on any atom is 0.0542 e. The second kappa shape index (κ2) is 8.66. The van der Waals surface area contributed by atoms with E-state index in [0.717, 1.165) is 0 Å². The number of nitrogens with zero attached hydrogens (tertiary/aromatic N) is 2. The molecular weight excluding hydrogens is 504 g/mol. The van der Waals surface area contributed by atoms with Crippen molar-refractivity contribution < 1.29 is 0 Å². The third-order valence-corrected chi connectivity index (χ3v) is 11.7. The van der Waals surface area contributed by atoms with Gasteiger partial charge in [-0.15, -0.1) is 0 Å². The van der Waals surface area contributed by atoms with Crippen LogP contribution in [-0.4, -0.2) is 23.6 Å². The maximum atomic E-state index is 2.55. The van der Waals surface area contributed by atoms with Gasteiger partial charge in [0.05, 0.1) is 11.4 Å². The van der Waals surface area contributed by atoms with Gasteiger partial charge in [0, 0.05) is 37.7 Å². The highest BCUT2D eigenvalue weighted by molar-refractivity contribution is 8.33. The molecule has 0 aliphatic carbocycles. The lowest BCUT2D eigenvalue weighted by Crippen LogP contribution is -2.43. The van der Waals surface area contributed by atoms with E-state index in [0.29, 0.717) is 0 Å². The summed E-state index contributed by atoms with van der Waals surface area (Å²) < 4.78 is 0. The second-order valence-corrected chi connectivity index (χ2v) is 17.9. The maximum absolute atomic E-state index is 2.55. The van der Waals surface area contributed by atoms with Crippen molar-refractivity contribution in [1.82, 2.24) is 0 Å². The van der Waals surface area contributed by atoms with Crippen LogP contribution in [0.15, 0.2) is 94.7 Å². The zero-order valence-electron chi connectivity index (χ0n) is 25.9. The van der Waals surface area contributed by atoms with Gasteiger partial charge in [0.15, 0.2) is 0 Å². The molecule has 0 spiro atoms. The number of benzene rings is 4. The smallest absolute Gasteiger partial charge is 0.0542 e. The highest BCUT2D eigenvalue weighted by Gasteiger charge is 2.41. The van der Waals surface area contributed by atoms with E-state index in [1.54, 1.807) is 0 Å². The highest BCUT2D eigenvalue weighted by atomic mass is 32.3. The number of hydrogen-bond acceptors (Lipinski definition) is 2. The van der Waals surface area contributed by atoms with Crippen LogP contribution < -0.4 is 9.80 Å². The molecule has 0 radical (unpaired) electrons. The predicted octanol–water partition coefficient (Wildman–Crippen LogP) is 10.7. The summed E-state index contributed by atoms with van der Waals surface area (Å²) in [7, 11) is -1.18. The molecule has 2 heterocycles. The Kier molecular flexibility index (Phi) is 5.85. The van der Waals surface area contributed by atoms with E-state index in [-0.39, 0.29) is 16.5 Å². The van der Waals surface area contributed by atoms with Gasteiger partial charge < -0.3 is 9.80 Å². The van der Waals surface area contributed by atoms with Crippen molar-refractivity contribution in [3.8, 4) is 11.1 Å². The molecule has 4 aromatic rings. The summed E-state index contributed by atoms with van der Waals surface area (Å²) in [6.07, 6.45) is 4.92. The van der Waals surface area contributed by atoms with Crippen LogP contribution in [0.4, 0.5) is 22.7 Å². The zero-order chi connectivity index (χ0) is 28.8. The van der Waals surface area contributed by atoms with Crippen LogP contribution in [-0.2, 0) is 5.41 Å². The van der Waals surface area contributed by atoms with Gasteiger partial charge in [0.2, 0.25) is 0 Å². The normalized spacial score (nSPS) is 17.9. The van der Waals surface area contributed by atoms with Crippen molar-refractivity contribution in [3.05, 3.63) is 96.1 Å². The Morgan fingerprint density at radius 1 is 0.525 bits per heavy atom. The minimum absolute atomic E-state index is 0.0258. The Hall–Kier alpha value is -3.17. The van der Waals surface area contributed by atoms with Gasteiger partial charge >= 0.3 is 0 Å². The number of anilines is 4. The molecule has 0 unspecified atom stereocenters. The molecule has 0 saturated carbocycles. The molecule has 6 rings (SSSR count). The van der Waals surface area contributed by atoms with Gasteiger partial charge in [-0.3, -0.25) is 0 Å². The molecule has 208 valence electrons. The lowest BCUT2D eigenvalue weighted by molar-refractivity contribution is 0.530. The molecule has 0 N–H and O–H groups in total. The first-order valence-corrected chi connectivity index (χ1v) is 16.9. The molecule has 0 amide bonds. The zero-order valence-corrected chi connectivity index (χ0v) is 26.7. The summed E-state index contributed by atoms with van der Waals surface area (Å²) >= 11 is 0. The molecule has 0 fully saturated rings. The molecule has 2 aliphatic heterocycles. The van der Waals surface area contributed by atoms with Crippen LogP contribution in [0.1, 0.15) is 66.5 Å².